The first-order valence-corrected chi connectivity index (χ1v) is 6.44. The molecule has 0 saturated carbocycles. The van der Waals surface area contributed by atoms with Gasteiger partial charge in [-0.2, -0.15) is 0 Å². The first-order valence-electron chi connectivity index (χ1n) is 5.62. The van der Waals surface area contributed by atoms with Gasteiger partial charge in [0.2, 0.25) is 0 Å². The molecule has 0 aliphatic rings. The van der Waals surface area contributed by atoms with Crippen LogP contribution in [0.25, 0.3) is 0 Å². The smallest absolute Gasteiger partial charge is 0.320 e. The lowest BCUT2D eigenvalue weighted by Crippen LogP contribution is -2.35. The fourth-order valence-corrected chi connectivity index (χ4v) is 2.10. The highest BCUT2D eigenvalue weighted by molar-refractivity contribution is 7.15. The highest BCUT2D eigenvalue weighted by Gasteiger charge is 2.16. The van der Waals surface area contributed by atoms with Gasteiger partial charge in [-0.05, 0) is 20.8 Å². The van der Waals surface area contributed by atoms with E-state index in [1.165, 1.54) is 11.3 Å². The van der Waals surface area contributed by atoms with E-state index < -0.39 is 0 Å². The minimum atomic E-state index is -0.196. The molecule has 1 heterocycles. The summed E-state index contributed by atoms with van der Waals surface area (Å²) in [5.74, 6) is -0.196. The molecule has 1 aromatic heterocycles. The summed E-state index contributed by atoms with van der Waals surface area (Å²) >= 11 is 1.45. The lowest BCUT2D eigenvalue weighted by Gasteiger charge is -2.24. The van der Waals surface area contributed by atoms with Gasteiger partial charge in [0.15, 0.2) is 5.13 Å². The van der Waals surface area contributed by atoms with E-state index in [1.807, 2.05) is 25.7 Å². The molecule has 5 nitrogen and oxygen atoms in total. The van der Waals surface area contributed by atoms with Gasteiger partial charge >= 0.3 is 5.97 Å². The van der Waals surface area contributed by atoms with Gasteiger partial charge in [0.1, 0.15) is 0 Å². The molecule has 17 heavy (non-hydrogen) atoms. The second-order valence-electron chi connectivity index (χ2n) is 3.97. The van der Waals surface area contributed by atoms with Crippen molar-refractivity contribution in [1.82, 2.24) is 9.88 Å². The number of nitrogens with zero attached hydrogens (tertiary/aromatic N) is 2. The summed E-state index contributed by atoms with van der Waals surface area (Å²) in [6.45, 7) is 7.28. The molecule has 0 aliphatic heterocycles. The van der Waals surface area contributed by atoms with Crippen molar-refractivity contribution in [1.29, 1.82) is 0 Å². The molecule has 0 spiro atoms. The Bertz CT molecular complexity index is 365. The predicted molar refractivity (Wildman–Crippen MR) is 68.7 cm³/mol. The van der Waals surface area contributed by atoms with Crippen LogP contribution in [0.2, 0.25) is 0 Å². The summed E-state index contributed by atoms with van der Waals surface area (Å²) in [5, 5.41) is 0.555. The number of aromatic nitrogens is 1. The van der Waals surface area contributed by atoms with E-state index in [4.69, 9.17) is 10.5 Å². The van der Waals surface area contributed by atoms with E-state index in [1.54, 1.807) is 6.20 Å². The van der Waals surface area contributed by atoms with Gasteiger partial charge in [0, 0.05) is 23.7 Å². The lowest BCUT2D eigenvalue weighted by atomic mass is 10.3. The molecule has 0 aliphatic carbocycles. The average molecular weight is 257 g/mol. The van der Waals surface area contributed by atoms with Gasteiger partial charge in [-0.15, -0.1) is 11.3 Å². The fourth-order valence-electron chi connectivity index (χ4n) is 1.39. The van der Waals surface area contributed by atoms with Crippen molar-refractivity contribution in [2.75, 3.05) is 18.9 Å². The Morgan fingerprint density at radius 2 is 2.35 bits per heavy atom. The molecule has 1 aromatic rings. The number of nitrogens with two attached hydrogens (primary N) is 1. The second-order valence-corrected chi connectivity index (χ2v) is 5.12. The van der Waals surface area contributed by atoms with Crippen LogP contribution in [0.1, 0.15) is 25.6 Å². The molecule has 0 fully saturated rings. The number of carbonyl (C=O) groups excluding carboxylic acids is 1. The Morgan fingerprint density at radius 1 is 1.65 bits per heavy atom. The summed E-state index contributed by atoms with van der Waals surface area (Å²) in [7, 11) is 0. The van der Waals surface area contributed by atoms with Crippen molar-refractivity contribution >= 4 is 22.4 Å². The lowest BCUT2D eigenvalue weighted by molar-refractivity contribution is -0.145. The van der Waals surface area contributed by atoms with Gasteiger partial charge < -0.3 is 10.5 Å². The standard InChI is InChI=1S/C11H19N3O2S/c1-4-16-10(15)7-14(8(2)3)6-9-5-13-11(12)17-9/h5,8H,4,6-7H2,1-3H3,(H2,12,13). The Labute approximate surface area is 106 Å². The van der Waals surface area contributed by atoms with Gasteiger partial charge in [0.25, 0.3) is 0 Å². The second kappa shape index (κ2) is 6.56. The molecule has 0 amide bonds. The maximum atomic E-state index is 11.5. The minimum Gasteiger partial charge on any atom is -0.465 e. The fraction of sp³-hybridized carbons (Fsp3) is 0.636. The van der Waals surface area contributed by atoms with Gasteiger partial charge in [-0.3, -0.25) is 9.69 Å². The molecule has 0 radical (unpaired) electrons. The molecule has 96 valence electrons. The van der Waals surface area contributed by atoms with E-state index in [0.29, 0.717) is 24.8 Å². The van der Waals surface area contributed by atoms with Crippen molar-refractivity contribution in [3.8, 4) is 0 Å². The summed E-state index contributed by atoms with van der Waals surface area (Å²) < 4.78 is 4.95. The highest BCUT2D eigenvalue weighted by atomic mass is 32.1. The monoisotopic (exact) mass is 257 g/mol. The third-order valence-corrected chi connectivity index (χ3v) is 3.11. The zero-order valence-corrected chi connectivity index (χ0v) is 11.3. The van der Waals surface area contributed by atoms with Crippen LogP contribution in [-0.4, -0.2) is 35.0 Å². The van der Waals surface area contributed by atoms with Crippen LogP contribution >= 0.6 is 11.3 Å². The zero-order valence-electron chi connectivity index (χ0n) is 10.5. The number of thiazole rings is 1. The van der Waals surface area contributed by atoms with E-state index >= 15 is 0 Å². The number of carbonyl (C=O) groups is 1. The number of rotatable bonds is 6. The summed E-state index contributed by atoms with van der Waals surface area (Å²) in [5.41, 5.74) is 5.58. The Hall–Kier alpha value is -1.14. The van der Waals surface area contributed by atoms with Gasteiger partial charge in [-0.25, -0.2) is 4.98 Å². The molecule has 6 heteroatoms. The molecule has 2 N–H and O–H groups in total. The van der Waals surface area contributed by atoms with E-state index in [9.17, 15) is 4.79 Å². The largest absolute Gasteiger partial charge is 0.465 e. The highest BCUT2D eigenvalue weighted by Crippen LogP contribution is 2.17. The summed E-state index contributed by atoms with van der Waals surface area (Å²) in [4.78, 5) is 18.5. The summed E-state index contributed by atoms with van der Waals surface area (Å²) in [6, 6.07) is 0.266. The van der Waals surface area contributed by atoms with E-state index in [-0.39, 0.29) is 12.0 Å². The third-order valence-electron chi connectivity index (χ3n) is 2.30. The topological polar surface area (TPSA) is 68.5 Å². The van der Waals surface area contributed by atoms with Crippen LogP contribution in [-0.2, 0) is 16.1 Å². The van der Waals surface area contributed by atoms with Gasteiger partial charge in [-0.1, -0.05) is 0 Å². The number of hydrogen-bond donors (Lipinski definition) is 1. The van der Waals surface area contributed by atoms with Crippen molar-refractivity contribution in [3.63, 3.8) is 0 Å². The molecule has 1 rings (SSSR count). The molecule has 0 aromatic carbocycles. The van der Waals surface area contributed by atoms with Crippen molar-refractivity contribution in [3.05, 3.63) is 11.1 Å². The van der Waals surface area contributed by atoms with Crippen molar-refractivity contribution in [2.45, 2.75) is 33.4 Å². The Morgan fingerprint density at radius 3 is 2.82 bits per heavy atom. The van der Waals surface area contributed by atoms with Crippen molar-refractivity contribution in [2.24, 2.45) is 0 Å². The number of nitrogen functional groups attached to an aromatic ring is 1. The number of esters is 1. The van der Waals surface area contributed by atoms with Crippen LogP contribution in [0.5, 0.6) is 0 Å². The quantitative estimate of drug-likeness (QED) is 0.782. The molecular weight excluding hydrogens is 238 g/mol. The minimum absolute atomic E-state index is 0.196. The SMILES string of the molecule is CCOC(=O)CN(Cc1cnc(N)s1)C(C)C. The maximum Gasteiger partial charge on any atom is 0.320 e. The zero-order chi connectivity index (χ0) is 12.8. The van der Waals surface area contributed by atoms with Crippen LogP contribution < -0.4 is 5.73 Å². The first-order chi connectivity index (χ1) is 8.02. The predicted octanol–water partition coefficient (Wildman–Crippen LogP) is 1.50. The van der Waals surface area contributed by atoms with Crippen molar-refractivity contribution < 1.29 is 9.53 Å². The molecule has 0 saturated heterocycles. The van der Waals surface area contributed by atoms with Crippen LogP contribution in [0, 0.1) is 0 Å². The molecule has 0 unspecified atom stereocenters. The molecular formula is C11H19N3O2S. The Balaban J connectivity index is 2.57. The van der Waals surface area contributed by atoms with Crippen LogP contribution in [0.15, 0.2) is 6.20 Å². The first kappa shape index (κ1) is 13.9. The van der Waals surface area contributed by atoms with E-state index in [2.05, 4.69) is 4.98 Å². The Kier molecular flexibility index (Phi) is 5.37. The number of anilines is 1. The molecule has 0 atom stereocenters. The van der Waals surface area contributed by atoms with E-state index in [0.717, 1.165) is 4.88 Å². The van der Waals surface area contributed by atoms with Crippen LogP contribution in [0.3, 0.4) is 0 Å². The normalized spacial score (nSPS) is 11.1. The maximum absolute atomic E-state index is 11.5. The number of hydrogen-bond acceptors (Lipinski definition) is 6. The van der Waals surface area contributed by atoms with Gasteiger partial charge in [0.05, 0.1) is 13.2 Å². The summed E-state index contributed by atoms with van der Waals surface area (Å²) in [6.07, 6.45) is 1.75. The third kappa shape index (κ3) is 4.70. The number of ether oxygens (including phenoxy) is 1. The average Bonchev–Trinajstić information content (AvgIpc) is 2.63. The molecule has 0 bridgehead atoms. The van der Waals surface area contributed by atoms with Crippen LogP contribution in [0.4, 0.5) is 5.13 Å².